The molecule has 1 atom stereocenters. The van der Waals surface area contributed by atoms with Crippen molar-refractivity contribution in [3.63, 3.8) is 0 Å². The van der Waals surface area contributed by atoms with Crippen molar-refractivity contribution in [1.29, 1.82) is 0 Å². The van der Waals surface area contributed by atoms with Crippen LogP contribution in [-0.4, -0.2) is 18.4 Å². The number of Topliss-reactive ketones (excluding diaryl/α,β-unsaturated/α-hetero) is 1. The zero-order valence-corrected chi connectivity index (χ0v) is 7.45. The van der Waals surface area contributed by atoms with Gasteiger partial charge >= 0.3 is 0 Å². The van der Waals surface area contributed by atoms with Crippen LogP contribution in [0.4, 0.5) is 0 Å². The van der Waals surface area contributed by atoms with Crippen LogP contribution in [0.3, 0.4) is 0 Å². The third-order valence-corrected chi connectivity index (χ3v) is 1.42. The Morgan fingerprint density at radius 3 is 2.67 bits per heavy atom. The smallest absolute Gasteiger partial charge is 0.293 e. The van der Waals surface area contributed by atoms with E-state index < -0.39 is 0 Å². The van der Waals surface area contributed by atoms with Gasteiger partial charge in [0, 0.05) is 6.42 Å². The molecule has 0 spiro atoms. The van der Waals surface area contributed by atoms with E-state index in [4.69, 9.17) is 4.74 Å². The molecule has 12 heavy (non-hydrogen) atoms. The molecule has 0 rings (SSSR count). The van der Waals surface area contributed by atoms with Crippen molar-refractivity contribution in [3.05, 3.63) is 12.2 Å². The van der Waals surface area contributed by atoms with E-state index in [9.17, 15) is 9.59 Å². The molecular weight excluding hydrogens is 156 g/mol. The second-order valence-corrected chi connectivity index (χ2v) is 2.54. The molecule has 0 bridgehead atoms. The molecule has 0 saturated carbocycles. The Balaban J connectivity index is 3.77. The van der Waals surface area contributed by atoms with Crippen LogP contribution in [0.5, 0.6) is 0 Å². The standard InChI is InChI=1S/C9H14O3/c1-3-4-9(12-7-10)6-5-8(2)11/h3-4,7,9H,5-6H2,1-2H3/b4-3+. The molecule has 0 aromatic carbocycles. The van der Waals surface area contributed by atoms with Gasteiger partial charge in [0.2, 0.25) is 0 Å². The number of hydrogen-bond acceptors (Lipinski definition) is 3. The first kappa shape index (κ1) is 10.9. The maximum absolute atomic E-state index is 10.6. The molecule has 0 amide bonds. The van der Waals surface area contributed by atoms with Crippen LogP contribution in [0.25, 0.3) is 0 Å². The number of rotatable bonds is 6. The summed E-state index contributed by atoms with van der Waals surface area (Å²) in [7, 11) is 0. The fourth-order valence-electron chi connectivity index (χ4n) is 0.841. The Labute approximate surface area is 72.4 Å². The third kappa shape index (κ3) is 5.65. The lowest BCUT2D eigenvalue weighted by Crippen LogP contribution is -2.10. The third-order valence-electron chi connectivity index (χ3n) is 1.42. The van der Waals surface area contributed by atoms with Crippen LogP contribution in [0.15, 0.2) is 12.2 Å². The zero-order valence-electron chi connectivity index (χ0n) is 7.45. The summed E-state index contributed by atoms with van der Waals surface area (Å²) in [5, 5.41) is 0. The molecule has 0 fully saturated rings. The van der Waals surface area contributed by atoms with Crippen molar-refractivity contribution < 1.29 is 14.3 Å². The average molecular weight is 170 g/mol. The van der Waals surface area contributed by atoms with Crippen molar-refractivity contribution in [2.45, 2.75) is 32.8 Å². The van der Waals surface area contributed by atoms with Gasteiger partial charge in [-0.1, -0.05) is 6.08 Å². The van der Waals surface area contributed by atoms with E-state index >= 15 is 0 Å². The van der Waals surface area contributed by atoms with Crippen LogP contribution >= 0.6 is 0 Å². The van der Waals surface area contributed by atoms with Gasteiger partial charge in [-0.2, -0.15) is 0 Å². The van der Waals surface area contributed by atoms with E-state index in [2.05, 4.69) is 0 Å². The predicted octanol–water partition coefficient (Wildman–Crippen LogP) is 1.47. The summed E-state index contributed by atoms with van der Waals surface area (Å²) in [6.45, 7) is 3.77. The average Bonchev–Trinajstić information content (AvgIpc) is 2.01. The van der Waals surface area contributed by atoms with Crippen molar-refractivity contribution in [1.82, 2.24) is 0 Å². The summed E-state index contributed by atoms with van der Waals surface area (Å²) in [6, 6.07) is 0. The maximum atomic E-state index is 10.6. The Bertz CT molecular complexity index is 173. The van der Waals surface area contributed by atoms with Gasteiger partial charge < -0.3 is 9.53 Å². The second-order valence-electron chi connectivity index (χ2n) is 2.54. The monoisotopic (exact) mass is 170 g/mol. The number of hydrogen-bond donors (Lipinski definition) is 0. The molecule has 0 radical (unpaired) electrons. The minimum absolute atomic E-state index is 0.110. The Kier molecular flexibility index (Phi) is 5.97. The number of carbonyl (C=O) groups excluding carboxylic acids is 2. The van der Waals surface area contributed by atoms with Gasteiger partial charge in [-0.25, -0.2) is 0 Å². The first-order valence-corrected chi connectivity index (χ1v) is 3.92. The van der Waals surface area contributed by atoms with Gasteiger partial charge in [-0.3, -0.25) is 4.79 Å². The maximum Gasteiger partial charge on any atom is 0.293 e. The molecule has 1 unspecified atom stereocenters. The van der Waals surface area contributed by atoms with E-state index in [1.165, 1.54) is 6.92 Å². The molecule has 0 saturated heterocycles. The molecule has 0 aliphatic rings. The van der Waals surface area contributed by atoms with Gasteiger partial charge in [-0.05, 0) is 26.3 Å². The van der Waals surface area contributed by atoms with Gasteiger partial charge in [0.15, 0.2) is 0 Å². The lowest BCUT2D eigenvalue weighted by Gasteiger charge is -2.08. The number of ether oxygens (including phenoxy) is 1. The number of allylic oxidation sites excluding steroid dienone is 1. The van der Waals surface area contributed by atoms with E-state index in [1.54, 1.807) is 12.2 Å². The number of ketones is 1. The van der Waals surface area contributed by atoms with Crippen LogP contribution in [0, 0.1) is 0 Å². The highest BCUT2D eigenvalue weighted by Crippen LogP contribution is 2.03. The Morgan fingerprint density at radius 1 is 1.58 bits per heavy atom. The van der Waals surface area contributed by atoms with Crippen LogP contribution in [-0.2, 0) is 14.3 Å². The van der Waals surface area contributed by atoms with Crippen molar-refractivity contribution in [2.24, 2.45) is 0 Å². The first-order valence-electron chi connectivity index (χ1n) is 3.92. The summed E-state index contributed by atoms with van der Waals surface area (Å²) >= 11 is 0. The fourth-order valence-corrected chi connectivity index (χ4v) is 0.841. The molecule has 0 aromatic rings. The van der Waals surface area contributed by atoms with Crippen LogP contribution < -0.4 is 0 Å². The lowest BCUT2D eigenvalue weighted by molar-refractivity contribution is -0.132. The largest absolute Gasteiger partial charge is 0.460 e. The summed E-state index contributed by atoms with van der Waals surface area (Å²) in [5.41, 5.74) is 0. The van der Waals surface area contributed by atoms with Crippen molar-refractivity contribution in [2.75, 3.05) is 0 Å². The Hall–Kier alpha value is -1.12. The van der Waals surface area contributed by atoms with Gasteiger partial charge in [0.05, 0.1) is 0 Å². The molecule has 0 aromatic heterocycles. The zero-order chi connectivity index (χ0) is 9.40. The molecule has 3 heteroatoms. The van der Waals surface area contributed by atoms with Crippen molar-refractivity contribution >= 4 is 12.3 Å². The van der Waals surface area contributed by atoms with E-state index in [1.807, 2.05) is 6.92 Å². The summed E-state index contributed by atoms with van der Waals surface area (Å²) < 4.78 is 4.71. The minimum Gasteiger partial charge on any atom is -0.460 e. The molecule has 0 heterocycles. The van der Waals surface area contributed by atoms with Crippen LogP contribution in [0.1, 0.15) is 26.7 Å². The molecular formula is C9H14O3. The van der Waals surface area contributed by atoms with Gasteiger partial charge in [0.25, 0.3) is 6.47 Å². The SMILES string of the molecule is C/C=C/C(CCC(C)=O)OC=O. The van der Waals surface area contributed by atoms with E-state index in [0.717, 1.165) is 0 Å². The summed E-state index contributed by atoms with van der Waals surface area (Å²) in [6.07, 6.45) is 4.32. The lowest BCUT2D eigenvalue weighted by atomic mass is 10.1. The predicted molar refractivity (Wildman–Crippen MR) is 45.7 cm³/mol. The number of carbonyl (C=O) groups is 2. The van der Waals surface area contributed by atoms with Crippen molar-refractivity contribution in [3.8, 4) is 0 Å². The minimum atomic E-state index is -0.253. The molecule has 3 nitrogen and oxygen atoms in total. The van der Waals surface area contributed by atoms with E-state index in [0.29, 0.717) is 19.3 Å². The molecule has 0 aliphatic heterocycles. The van der Waals surface area contributed by atoms with E-state index in [-0.39, 0.29) is 11.9 Å². The molecule has 0 aliphatic carbocycles. The van der Waals surface area contributed by atoms with Crippen LogP contribution in [0.2, 0.25) is 0 Å². The highest BCUT2D eigenvalue weighted by Gasteiger charge is 2.05. The second kappa shape index (κ2) is 6.58. The highest BCUT2D eigenvalue weighted by atomic mass is 16.5. The summed E-state index contributed by atoms with van der Waals surface area (Å²) in [5.74, 6) is 0.110. The topological polar surface area (TPSA) is 43.4 Å². The summed E-state index contributed by atoms with van der Waals surface area (Å²) in [4.78, 5) is 20.6. The van der Waals surface area contributed by atoms with Gasteiger partial charge in [0.1, 0.15) is 11.9 Å². The molecule has 68 valence electrons. The first-order chi connectivity index (χ1) is 5.70. The normalized spacial score (nSPS) is 12.8. The Morgan fingerprint density at radius 2 is 2.25 bits per heavy atom. The highest BCUT2D eigenvalue weighted by molar-refractivity contribution is 5.75. The van der Waals surface area contributed by atoms with Gasteiger partial charge in [-0.15, -0.1) is 0 Å². The quantitative estimate of drug-likeness (QED) is 0.448. The fraction of sp³-hybridized carbons (Fsp3) is 0.556. The molecule has 0 N–H and O–H groups in total.